The van der Waals surface area contributed by atoms with Gasteiger partial charge in [0, 0.05) is 0 Å². The minimum absolute atomic E-state index is 0.786. The normalized spacial score (nSPS) is 21.0. The van der Waals surface area contributed by atoms with Gasteiger partial charge in [0.25, 0.3) is 0 Å². The molecule has 0 N–H and O–H groups in total. The maximum absolute atomic E-state index is 4.18. The van der Waals surface area contributed by atoms with Crippen molar-refractivity contribution in [1.82, 2.24) is 0 Å². The van der Waals surface area contributed by atoms with Gasteiger partial charge >= 0.3 is 78.2 Å². The first-order valence-corrected chi connectivity index (χ1v) is 15.6. The number of rotatable bonds is 3. The van der Waals surface area contributed by atoms with Gasteiger partial charge in [-0.15, -0.1) is 0 Å². The number of hydrogen-bond acceptors (Lipinski definition) is 4. The van der Waals surface area contributed by atoms with Gasteiger partial charge in [-0.1, -0.05) is 0 Å². The van der Waals surface area contributed by atoms with Crippen LogP contribution in [0.5, 0.6) is 0 Å². The Labute approximate surface area is 77.3 Å². The molecule has 0 radical (unpaired) electrons. The van der Waals surface area contributed by atoms with E-state index >= 15 is 0 Å². The summed E-state index contributed by atoms with van der Waals surface area (Å²) in [5, 5.41) is 0. The first-order valence-electron chi connectivity index (χ1n) is 2.73. The molecule has 0 saturated carbocycles. The van der Waals surface area contributed by atoms with E-state index in [-0.39, 0.29) is 0 Å². The van der Waals surface area contributed by atoms with Gasteiger partial charge in [-0.2, -0.15) is 0 Å². The fourth-order valence-electron chi connectivity index (χ4n) is 0.451. The molecule has 1 saturated heterocycles. The van der Waals surface area contributed by atoms with Crippen LogP contribution in [-0.2, 0) is 0 Å². The fraction of sp³-hybridized carbons (Fsp3) is 1.00. The van der Waals surface area contributed by atoms with Gasteiger partial charge < -0.3 is 0 Å². The van der Waals surface area contributed by atoms with Crippen molar-refractivity contribution in [2.24, 2.45) is 0 Å². The summed E-state index contributed by atoms with van der Waals surface area (Å²) < 4.78 is 0. The molecule has 5 heteroatoms. The van der Waals surface area contributed by atoms with E-state index in [2.05, 4.69) is 39.2 Å². The molecule has 1 aliphatic rings. The zero-order valence-corrected chi connectivity index (χ0v) is 10.8. The Bertz CT molecular complexity index is 73.0. The van der Waals surface area contributed by atoms with Gasteiger partial charge in [-0.25, -0.2) is 0 Å². The first kappa shape index (κ1) is 9.31. The Balaban J connectivity index is 1.98. The molecule has 1 fully saturated rings. The van der Waals surface area contributed by atoms with E-state index in [1.807, 2.05) is 0 Å². The van der Waals surface area contributed by atoms with E-state index in [9.17, 15) is 0 Å². The second-order valence-electron chi connectivity index (χ2n) is 1.45. The molecule has 0 bridgehead atoms. The third-order valence-corrected chi connectivity index (χ3v) is 26.2. The van der Waals surface area contributed by atoms with Gasteiger partial charge in [0.2, 0.25) is 0 Å². The van der Waals surface area contributed by atoms with Gasteiger partial charge in [-0.05, 0) is 0 Å². The van der Waals surface area contributed by atoms with E-state index in [4.69, 9.17) is 0 Å². The molecule has 0 aromatic rings. The molecule has 0 atom stereocenters. The van der Waals surface area contributed by atoms with Crippen LogP contribution < -0.4 is 0 Å². The quantitative estimate of drug-likeness (QED) is 0.627. The summed E-state index contributed by atoms with van der Waals surface area (Å²) in [6, 6.07) is 0. The molecule has 9 heavy (non-hydrogen) atoms. The van der Waals surface area contributed by atoms with E-state index in [0.29, 0.717) is 0 Å². The van der Waals surface area contributed by atoms with Gasteiger partial charge in [-0.3, -0.25) is 0 Å². The van der Waals surface area contributed by atoms with E-state index in [1.165, 1.54) is 17.3 Å². The van der Waals surface area contributed by atoms with Crippen molar-refractivity contribution in [3.05, 3.63) is 0 Å². The molecule has 0 amide bonds. The topological polar surface area (TPSA) is 0 Å². The molecule has 0 spiro atoms. The van der Waals surface area contributed by atoms with Crippen molar-refractivity contribution < 1.29 is 0 Å². The minimum atomic E-state index is -0.786. The van der Waals surface area contributed by atoms with Crippen LogP contribution >= 0.6 is 39.2 Å². The molecule has 1 heterocycles. The summed E-state index contributed by atoms with van der Waals surface area (Å²) in [4.78, 5) is 0. The second-order valence-corrected chi connectivity index (χ2v) is 23.8. The van der Waals surface area contributed by atoms with Gasteiger partial charge in [0.1, 0.15) is 0 Å². The van der Waals surface area contributed by atoms with E-state index < -0.39 is 16.0 Å². The Morgan fingerprint density at radius 1 is 1.44 bits per heavy atom. The number of hydrogen-bond donors (Lipinski definition) is 1. The summed E-state index contributed by atoms with van der Waals surface area (Å²) in [5.41, 5.74) is 0. The maximum atomic E-state index is 4.18. The van der Waals surface area contributed by atoms with E-state index in [1.54, 1.807) is 0 Å². The summed E-state index contributed by atoms with van der Waals surface area (Å²) in [6.07, 6.45) is 0. The van der Waals surface area contributed by atoms with Crippen LogP contribution in [0, 0.1) is 0 Å². The Kier molecular flexibility index (Phi) is 6.01. The Hall–Kier alpha value is 2.22. The average Bonchev–Trinajstić information content (AvgIpc) is 2.34. The average molecular weight is 307 g/mol. The molecule has 54 valence electrons. The van der Waals surface area contributed by atoms with Crippen LogP contribution in [0.25, 0.3) is 0 Å². The van der Waals surface area contributed by atoms with Crippen molar-refractivity contribution in [2.75, 3.05) is 23.0 Å². The SMILES string of the molecule is SCC[S][Sb]1[S]CC[S]1. The third-order valence-electron chi connectivity index (χ3n) is 0.765. The molecule has 0 unspecified atom stereocenters. The second kappa shape index (κ2) is 5.82. The molecule has 0 aromatic heterocycles. The molecule has 0 aromatic carbocycles. The van der Waals surface area contributed by atoms with Crippen LogP contribution in [0.15, 0.2) is 0 Å². The predicted octanol–water partition coefficient (Wildman–Crippen LogP) is 2.11. The molecule has 0 nitrogen and oxygen atoms in total. The molecule has 0 aliphatic carbocycles. The van der Waals surface area contributed by atoms with Crippen molar-refractivity contribution >= 4 is 55.2 Å². The Morgan fingerprint density at radius 3 is 2.67 bits per heavy atom. The molecule has 1 rings (SSSR count). The molecular weight excluding hydrogens is 298 g/mol. The van der Waals surface area contributed by atoms with Crippen LogP contribution in [0.2, 0.25) is 0 Å². The first-order chi connectivity index (χ1) is 4.43. The van der Waals surface area contributed by atoms with Gasteiger partial charge in [0.05, 0.1) is 0 Å². The summed E-state index contributed by atoms with van der Waals surface area (Å²) in [6.45, 7) is 0. The third kappa shape index (κ3) is 3.95. The van der Waals surface area contributed by atoms with Crippen LogP contribution in [-0.4, -0.2) is 39.0 Å². The summed E-state index contributed by atoms with van der Waals surface area (Å²) >= 11 is 3.40. The summed E-state index contributed by atoms with van der Waals surface area (Å²) in [7, 11) is 6.73. The summed E-state index contributed by atoms with van der Waals surface area (Å²) in [5.74, 6) is 5.19. The fourth-order valence-corrected chi connectivity index (χ4v) is 27.2. The molecule has 1 aliphatic heterocycles. The monoisotopic (exact) mass is 306 g/mol. The van der Waals surface area contributed by atoms with Crippen LogP contribution in [0.3, 0.4) is 0 Å². The zero-order chi connectivity index (χ0) is 6.53. The predicted molar refractivity (Wildman–Crippen MR) is 57.0 cm³/mol. The van der Waals surface area contributed by atoms with Crippen molar-refractivity contribution in [3.8, 4) is 0 Å². The standard InChI is InChI=1S/2C2H6S2.Sb/c2*3-1-2-4;/h2*3-4H,1-2H2;/q;;+3/p-3. The van der Waals surface area contributed by atoms with Crippen LogP contribution in [0.4, 0.5) is 0 Å². The zero-order valence-electron chi connectivity index (χ0n) is 4.95. The van der Waals surface area contributed by atoms with Crippen molar-refractivity contribution in [3.63, 3.8) is 0 Å². The van der Waals surface area contributed by atoms with Gasteiger partial charge in [0.15, 0.2) is 0 Å². The van der Waals surface area contributed by atoms with E-state index in [0.717, 1.165) is 5.75 Å². The van der Waals surface area contributed by atoms with Crippen molar-refractivity contribution in [1.29, 1.82) is 0 Å². The number of thiol groups is 1. The van der Waals surface area contributed by atoms with Crippen molar-refractivity contribution in [2.45, 2.75) is 0 Å². The van der Waals surface area contributed by atoms with Crippen LogP contribution in [0.1, 0.15) is 0 Å². The Morgan fingerprint density at radius 2 is 2.11 bits per heavy atom. The molecular formula is C4H9S4Sb.